The quantitative estimate of drug-likeness (QED) is 0.863. The molecule has 0 fully saturated rings. The van der Waals surface area contributed by atoms with Crippen LogP contribution in [0.1, 0.15) is 29.9 Å². The second kappa shape index (κ2) is 5.05. The number of benzene rings is 1. The molecule has 0 aliphatic carbocycles. The van der Waals surface area contributed by atoms with Crippen molar-refractivity contribution in [3.63, 3.8) is 0 Å². The van der Waals surface area contributed by atoms with E-state index in [4.69, 9.17) is 0 Å². The second-order valence-corrected chi connectivity index (χ2v) is 4.21. The van der Waals surface area contributed by atoms with E-state index in [2.05, 4.69) is 58.8 Å². The number of nitrogens with zero attached hydrogens (tertiary/aromatic N) is 4. The molecule has 1 atom stereocenters. The molecule has 0 aliphatic rings. The van der Waals surface area contributed by atoms with Crippen molar-refractivity contribution in [1.29, 1.82) is 0 Å². The van der Waals surface area contributed by atoms with Gasteiger partial charge in [0.15, 0.2) is 5.82 Å². The number of aromatic nitrogens is 4. The van der Waals surface area contributed by atoms with Gasteiger partial charge in [-0.25, -0.2) is 0 Å². The first-order valence-electron chi connectivity index (χ1n) is 5.68. The molecule has 0 aliphatic heterocycles. The maximum atomic E-state index is 4.12. The van der Waals surface area contributed by atoms with Crippen molar-refractivity contribution in [2.24, 2.45) is 7.05 Å². The predicted molar refractivity (Wildman–Crippen MR) is 65.2 cm³/mol. The van der Waals surface area contributed by atoms with E-state index in [9.17, 15) is 0 Å². The summed E-state index contributed by atoms with van der Waals surface area (Å²) in [6.45, 7) is 4.84. The normalized spacial score (nSPS) is 12.6. The molecule has 2 aromatic rings. The Bertz CT molecular complexity index is 474. The molecular formula is C12H17N5. The minimum absolute atomic E-state index is 0.277. The molecular weight excluding hydrogens is 214 g/mol. The predicted octanol–water partition coefficient (Wildman–Crippen LogP) is 1.37. The van der Waals surface area contributed by atoms with Crippen LogP contribution in [0.15, 0.2) is 24.3 Å². The highest BCUT2D eigenvalue weighted by Crippen LogP contribution is 2.13. The Morgan fingerprint density at radius 2 is 2.00 bits per heavy atom. The third kappa shape index (κ3) is 3.10. The van der Waals surface area contributed by atoms with Crippen LogP contribution in [0.25, 0.3) is 0 Å². The third-order valence-electron chi connectivity index (χ3n) is 2.69. The number of rotatable bonds is 4. The van der Waals surface area contributed by atoms with Gasteiger partial charge in [0.05, 0.1) is 13.6 Å². The van der Waals surface area contributed by atoms with Gasteiger partial charge in [0.2, 0.25) is 0 Å². The summed E-state index contributed by atoms with van der Waals surface area (Å²) in [5, 5.41) is 15.2. The van der Waals surface area contributed by atoms with Gasteiger partial charge >= 0.3 is 0 Å². The lowest BCUT2D eigenvalue weighted by molar-refractivity contribution is 0.555. The van der Waals surface area contributed by atoms with Crippen LogP contribution >= 0.6 is 0 Å². The molecule has 0 bridgehead atoms. The Morgan fingerprint density at radius 3 is 2.59 bits per heavy atom. The number of hydrogen-bond donors (Lipinski definition) is 1. The Balaban J connectivity index is 1.93. The SMILES string of the molecule is Cc1ccc([C@@H](C)NCc2nnn(C)n2)cc1. The monoisotopic (exact) mass is 231 g/mol. The molecule has 0 amide bonds. The zero-order chi connectivity index (χ0) is 12.3. The average molecular weight is 231 g/mol. The van der Waals surface area contributed by atoms with Crippen LogP contribution in [0, 0.1) is 6.92 Å². The molecule has 1 aromatic carbocycles. The lowest BCUT2D eigenvalue weighted by atomic mass is 10.1. The lowest BCUT2D eigenvalue weighted by Crippen LogP contribution is -2.19. The first-order chi connectivity index (χ1) is 8.15. The van der Waals surface area contributed by atoms with Crippen LogP contribution in [0.4, 0.5) is 0 Å². The van der Waals surface area contributed by atoms with Crippen molar-refractivity contribution in [1.82, 2.24) is 25.5 Å². The largest absolute Gasteiger partial charge is 0.303 e. The Labute approximate surface area is 101 Å². The summed E-state index contributed by atoms with van der Waals surface area (Å²) in [6.07, 6.45) is 0. The fourth-order valence-corrected chi connectivity index (χ4v) is 1.61. The summed E-state index contributed by atoms with van der Waals surface area (Å²) in [4.78, 5) is 1.47. The summed E-state index contributed by atoms with van der Waals surface area (Å²) in [5.41, 5.74) is 2.54. The molecule has 2 rings (SSSR count). The highest BCUT2D eigenvalue weighted by atomic mass is 15.6. The van der Waals surface area contributed by atoms with Crippen LogP contribution in [-0.4, -0.2) is 20.2 Å². The Morgan fingerprint density at radius 1 is 1.29 bits per heavy atom. The fraction of sp³-hybridized carbons (Fsp3) is 0.417. The van der Waals surface area contributed by atoms with Gasteiger partial charge in [0, 0.05) is 6.04 Å². The third-order valence-corrected chi connectivity index (χ3v) is 2.69. The Kier molecular flexibility index (Phi) is 3.49. The van der Waals surface area contributed by atoms with E-state index in [0.29, 0.717) is 12.4 Å². The lowest BCUT2D eigenvalue weighted by Gasteiger charge is -2.12. The van der Waals surface area contributed by atoms with Crippen LogP contribution < -0.4 is 5.32 Å². The molecule has 5 heteroatoms. The van der Waals surface area contributed by atoms with Crippen LogP contribution in [-0.2, 0) is 13.6 Å². The van der Waals surface area contributed by atoms with Crippen LogP contribution in [0.3, 0.4) is 0 Å². The van der Waals surface area contributed by atoms with Gasteiger partial charge in [0.1, 0.15) is 0 Å². The summed E-state index contributed by atoms with van der Waals surface area (Å²) < 4.78 is 0. The van der Waals surface area contributed by atoms with E-state index < -0.39 is 0 Å². The van der Waals surface area contributed by atoms with Gasteiger partial charge in [0.25, 0.3) is 0 Å². The van der Waals surface area contributed by atoms with Gasteiger partial charge in [-0.05, 0) is 24.6 Å². The first kappa shape index (κ1) is 11.7. The zero-order valence-corrected chi connectivity index (χ0v) is 10.4. The van der Waals surface area contributed by atoms with Gasteiger partial charge < -0.3 is 5.32 Å². The summed E-state index contributed by atoms with van der Waals surface area (Å²) in [6, 6.07) is 8.79. The molecule has 0 spiro atoms. The minimum atomic E-state index is 0.277. The highest BCUT2D eigenvalue weighted by molar-refractivity contribution is 5.23. The number of aryl methyl sites for hydroxylation is 2. The van der Waals surface area contributed by atoms with Crippen molar-refractivity contribution in [3.05, 3.63) is 41.2 Å². The maximum absolute atomic E-state index is 4.12. The van der Waals surface area contributed by atoms with E-state index in [0.717, 1.165) is 0 Å². The van der Waals surface area contributed by atoms with E-state index in [1.54, 1.807) is 7.05 Å². The van der Waals surface area contributed by atoms with E-state index in [1.165, 1.54) is 15.9 Å². The van der Waals surface area contributed by atoms with Gasteiger partial charge in [-0.15, -0.1) is 10.2 Å². The molecule has 1 N–H and O–H groups in total. The molecule has 90 valence electrons. The van der Waals surface area contributed by atoms with E-state index in [1.807, 2.05) is 0 Å². The van der Waals surface area contributed by atoms with Crippen molar-refractivity contribution in [3.8, 4) is 0 Å². The Hall–Kier alpha value is -1.75. The summed E-state index contributed by atoms with van der Waals surface area (Å²) in [7, 11) is 1.76. The fourth-order valence-electron chi connectivity index (χ4n) is 1.61. The van der Waals surface area contributed by atoms with Gasteiger partial charge in [-0.1, -0.05) is 29.8 Å². The van der Waals surface area contributed by atoms with Crippen molar-refractivity contribution in [2.45, 2.75) is 26.4 Å². The first-order valence-corrected chi connectivity index (χ1v) is 5.68. The van der Waals surface area contributed by atoms with E-state index >= 15 is 0 Å². The molecule has 1 aromatic heterocycles. The minimum Gasteiger partial charge on any atom is -0.303 e. The molecule has 1 heterocycles. The topological polar surface area (TPSA) is 55.6 Å². The summed E-state index contributed by atoms with van der Waals surface area (Å²) in [5.74, 6) is 0.714. The van der Waals surface area contributed by atoms with Crippen molar-refractivity contribution >= 4 is 0 Å². The van der Waals surface area contributed by atoms with Crippen molar-refractivity contribution in [2.75, 3.05) is 0 Å². The van der Waals surface area contributed by atoms with Gasteiger partial charge in [-0.3, -0.25) is 0 Å². The molecule has 0 saturated heterocycles. The van der Waals surface area contributed by atoms with E-state index in [-0.39, 0.29) is 6.04 Å². The number of nitrogens with one attached hydrogen (secondary N) is 1. The maximum Gasteiger partial charge on any atom is 0.188 e. The molecule has 0 saturated carbocycles. The molecule has 0 unspecified atom stereocenters. The smallest absolute Gasteiger partial charge is 0.188 e. The molecule has 0 radical (unpaired) electrons. The van der Waals surface area contributed by atoms with Crippen LogP contribution in [0.2, 0.25) is 0 Å². The number of tetrazole rings is 1. The molecule has 5 nitrogen and oxygen atoms in total. The van der Waals surface area contributed by atoms with Crippen molar-refractivity contribution < 1.29 is 0 Å². The van der Waals surface area contributed by atoms with Gasteiger partial charge in [-0.2, -0.15) is 4.80 Å². The second-order valence-electron chi connectivity index (χ2n) is 4.21. The number of hydrogen-bond acceptors (Lipinski definition) is 4. The summed E-state index contributed by atoms with van der Waals surface area (Å²) >= 11 is 0. The highest BCUT2D eigenvalue weighted by Gasteiger charge is 2.06. The van der Waals surface area contributed by atoms with Crippen LogP contribution in [0.5, 0.6) is 0 Å². The zero-order valence-electron chi connectivity index (χ0n) is 10.4. The average Bonchev–Trinajstić information content (AvgIpc) is 2.73. The molecule has 17 heavy (non-hydrogen) atoms. The standard InChI is InChI=1S/C12H17N5/c1-9-4-6-11(7-5-9)10(2)13-8-12-14-16-17(3)15-12/h4-7,10,13H,8H2,1-3H3/t10-/m1/s1.